The van der Waals surface area contributed by atoms with E-state index in [-0.39, 0.29) is 16.8 Å². The Hall–Kier alpha value is -2.37. The van der Waals surface area contributed by atoms with E-state index in [1.54, 1.807) is 37.4 Å². The lowest BCUT2D eigenvalue weighted by atomic mass is 10.1. The molecular formula is C20H23ClN2O3. The van der Waals surface area contributed by atoms with Gasteiger partial charge in [0.1, 0.15) is 0 Å². The molecule has 26 heavy (non-hydrogen) atoms. The summed E-state index contributed by atoms with van der Waals surface area (Å²) in [7, 11) is 1.58. The predicted molar refractivity (Wildman–Crippen MR) is 104 cm³/mol. The van der Waals surface area contributed by atoms with Gasteiger partial charge >= 0.3 is 0 Å². The molecule has 2 aromatic carbocycles. The number of rotatable bonds is 7. The number of hydrogen-bond acceptors (Lipinski definition) is 3. The zero-order chi connectivity index (χ0) is 19.1. The fourth-order valence-corrected chi connectivity index (χ4v) is 2.66. The van der Waals surface area contributed by atoms with E-state index < -0.39 is 0 Å². The summed E-state index contributed by atoms with van der Waals surface area (Å²) in [6, 6.07) is 12.1. The van der Waals surface area contributed by atoms with Crippen LogP contribution in [0.15, 0.2) is 42.5 Å². The molecule has 0 aromatic heterocycles. The molecule has 0 aliphatic rings. The van der Waals surface area contributed by atoms with E-state index in [0.717, 1.165) is 5.56 Å². The number of carbonyl (C=O) groups excluding carboxylic acids is 2. The van der Waals surface area contributed by atoms with Crippen molar-refractivity contribution >= 4 is 29.1 Å². The molecule has 0 fully saturated rings. The van der Waals surface area contributed by atoms with Crippen molar-refractivity contribution in [2.45, 2.75) is 20.5 Å². The normalized spacial score (nSPS) is 10.7. The van der Waals surface area contributed by atoms with Crippen molar-refractivity contribution in [2.24, 2.45) is 5.92 Å². The molecule has 138 valence electrons. The molecule has 5 nitrogen and oxygen atoms in total. The first-order chi connectivity index (χ1) is 12.4. The van der Waals surface area contributed by atoms with Crippen molar-refractivity contribution in [1.29, 1.82) is 0 Å². The second kappa shape index (κ2) is 9.36. The first-order valence-corrected chi connectivity index (χ1v) is 8.76. The Morgan fingerprint density at radius 3 is 2.46 bits per heavy atom. The van der Waals surface area contributed by atoms with Gasteiger partial charge < -0.3 is 15.4 Å². The zero-order valence-electron chi connectivity index (χ0n) is 15.1. The highest BCUT2D eigenvalue weighted by molar-refractivity contribution is 6.34. The maximum atomic E-state index is 12.5. The Bertz CT molecular complexity index is 790. The van der Waals surface area contributed by atoms with Crippen LogP contribution in [-0.2, 0) is 11.3 Å². The lowest BCUT2D eigenvalue weighted by Crippen LogP contribution is -2.27. The number of nitrogens with one attached hydrogen (secondary N) is 2. The van der Waals surface area contributed by atoms with Crippen molar-refractivity contribution in [3.8, 4) is 0 Å². The van der Waals surface area contributed by atoms with Crippen molar-refractivity contribution in [2.75, 3.05) is 19.0 Å². The van der Waals surface area contributed by atoms with Crippen LogP contribution in [0.25, 0.3) is 0 Å². The molecule has 0 heterocycles. The highest BCUT2D eigenvalue weighted by Gasteiger charge is 2.14. The summed E-state index contributed by atoms with van der Waals surface area (Å²) in [6.45, 7) is 4.95. The third-order valence-corrected chi connectivity index (χ3v) is 4.02. The number of hydrogen-bond donors (Lipinski definition) is 2. The summed E-state index contributed by atoms with van der Waals surface area (Å²) >= 11 is 6.22. The van der Waals surface area contributed by atoms with E-state index in [9.17, 15) is 9.59 Å². The second-order valence-corrected chi connectivity index (χ2v) is 6.75. The molecule has 6 heteroatoms. The highest BCUT2D eigenvalue weighted by Crippen LogP contribution is 2.22. The minimum atomic E-state index is -0.259. The van der Waals surface area contributed by atoms with Gasteiger partial charge in [-0.1, -0.05) is 43.6 Å². The Morgan fingerprint density at radius 1 is 1.08 bits per heavy atom. The minimum absolute atomic E-state index is 0.230. The molecule has 0 radical (unpaired) electrons. The van der Waals surface area contributed by atoms with Crippen molar-refractivity contribution in [1.82, 2.24) is 5.32 Å². The van der Waals surface area contributed by atoms with Crippen LogP contribution in [0.3, 0.4) is 0 Å². The number of carbonyl (C=O) groups is 2. The highest BCUT2D eigenvalue weighted by atomic mass is 35.5. The van der Waals surface area contributed by atoms with Crippen LogP contribution in [0.2, 0.25) is 5.02 Å². The summed E-state index contributed by atoms with van der Waals surface area (Å²) in [4.78, 5) is 24.7. The number of halogens is 1. The minimum Gasteiger partial charge on any atom is -0.380 e. The first kappa shape index (κ1) is 19.9. The summed E-state index contributed by atoms with van der Waals surface area (Å²) in [5, 5.41) is 5.91. The molecule has 2 rings (SSSR count). The van der Waals surface area contributed by atoms with Gasteiger partial charge in [-0.3, -0.25) is 9.59 Å². The average molecular weight is 375 g/mol. The molecule has 0 atom stereocenters. The number of ether oxygens (including phenoxy) is 1. The monoisotopic (exact) mass is 374 g/mol. The largest absolute Gasteiger partial charge is 0.380 e. The second-order valence-electron chi connectivity index (χ2n) is 6.34. The van der Waals surface area contributed by atoms with Crippen LogP contribution in [0.4, 0.5) is 5.69 Å². The lowest BCUT2D eigenvalue weighted by Gasteiger charge is -2.12. The Balaban J connectivity index is 2.12. The lowest BCUT2D eigenvalue weighted by molar-refractivity contribution is 0.0948. The summed E-state index contributed by atoms with van der Waals surface area (Å²) < 4.78 is 5.12. The van der Waals surface area contributed by atoms with Gasteiger partial charge in [-0.05, 0) is 35.7 Å². The van der Waals surface area contributed by atoms with E-state index in [0.29, 0.717) is 35.9 Å². The maximum Gasteiger partial charge on any atom is 0.256 e. The van der Waals surface area contributed by atoms with Gasteiger partial charge in [-0.2, -0.15) is 0 Å². The standard InChI is InChI=1S/C20H23ClN2O3/c1-13(2)11-22-19(24)17-9-8-15(10-18(17)21)23-20(25)16-7-5-4-6-14(16)12-26-3/h4-10,13H,11-12H2,1-3H3,(H,22,24)(H,23,25). The summed E-state index contributed by atoms with van der Waals surface area (Å²) in [6.07, 6.45) is 0. The predicted octanol–water partition coefficient (Wildman–Crippen LogP) is 4.12. The fraction of sp³-hybridized carbons (Fsp3) is 0.300. The fourth-order valence-electron chi connectivity index (χ4n) is 2.39. The van der Waals surface area contributed by atoms with Crippen LogP contribution in [0.5, 0.6) is 0 Å². The topological polar surface area (TPSA) is 67.4 Å². The van der Waals surface area contributed by atoms with Gasteiger partial charge in [0, 0.05) is 24.9 Å². The van der Waals surface area contributed by atoms with Crippen LogP contribution in [-0.4, -0.2) is 25.5 Å². The quantitative estimate of drug-likeness (QED) is 0.765. The molecule has 0 saturated carbocycles. The Kier molecular flexibility index (Phi) is 7.18. The molecule has 0 aliphatic carbocycles. The average Bonchev–Trinajstić information content (AvgIpc) is 2.60. The number of amides is 2. The van der Waals surface area contributed by atoms with E-state index >= 15 is 0 Å². The summed E-state index contributed by atoms with van der Waals surface area (Å²) in [5.74, 6) is -0.138. The first-order valence-electron chi connectivity index (χ1n) is 8.38. The van der Waals surface area contributed by atoms with Crippen molar-refractivity contribution in [3.63, 3.8) is 0 Å². The maximum absolute atomic E-state index is 12.5. The molecule has 2 aromatic rings. The molecule has 0 spiro atoms. The molecular weight excluding hydrogens is 352 g/mol. The van der Waals surface area contributed by atoms with Crippen LogP contribution in [0, 0.1) is 5.92 Å². The van der Waals surface area contributed by atoms with Crippen LogP contribution in [0.1, 0.15) is 40.1 Å². The number of methoxy groups -OCH3 is 1. The van der Waals surface area contributed by atoms with Gasteiger partial charge in [0.05, 0.1) is 17.2 Å². The van der Waals surface area contributed by atoms with Gasteiger partial charge in [0.2, 0.25) is 0 Å². The van der Waals surface area contributed by atoms with Gasteiger partial charge in [-0.25, -0.2) is 0 Å². The van der Waals surface area contributed by atoms with Gasteiger partial charge in [0.15, 0.2) is 0 Å². The van der Waals surface area contributed by atoms with E-state index in [2.05, 4.69) is 10.6 Å². The smallest absolute Gasteiger partial charge is 0.256 e. The van der Waals surface area contributed by atoms with Crippen molar-refractivity contribution < 1.29 is 14.3 Å². The van der Waals surface area contributed by atoms with E-state index in [1.165, 1.54) is 0 Å². The summed E-state index contributed by atoms with van der Waals surface area (Å²) in [5.41, 5.74) is 2.23. The van der Waals surface area contributed by atoms with E-state index in [1.807, 2.05) is 26.0 Å². The molecule has 2 N–H and O–H groups in total. The number of benzene rings is 2. The number of anilines is 1. The molecule has 2 amide bonds. The molecule has 0 aliphatic heterocycles. The third kappa shape index (κ3) is 5.31. The van der Waals surface area contributed by atoms with Crippen LogP contribution < -0.4 is 10.6 Å². The van der Waals surface area contributed by atoms with Crippen LogP contribution >= 0.6 is 11.6 Å². The van der Waals surface area contributed by atoms with E-state index in [4.69, 9.17) is 16.3 Å². The SMILES string of the molecule is COCc1ccccc1C(=O)Nc1ccc(C(=O)NCC(C)C)c(Cl)c1. The Labute approximate surface area is 158 Å². The van der Waals surface area contributed by atoms with Gasteiger partial charge in [0.25, 0.3) is 11.8 Å². The van der Waals surface area contributed by atoms with Gasteiger partial charge in [-0.15, -0.1) is 0 Å². The Morgan fingerprint density at radius 2 is 1.81 bits per heavy atom. The molecule has 0 unspecified atom stereocenters. The molecule has 0 bridgehead atoms. The van der Waals surface area contributed by atoms with Crippen molar-refractivity contribution in [3.05, 3.63) is 64.2 Å². The third-order valence-electron chi connectivity index (χ3n) is 3.70. The zero-order valence-corrected chi connectivity index (χ0v) is 15.9. The molecule has 0 saturated heterocycles.